The molecule has 0 radical (unpaired) electrons. The van der Waals surface area contributed by atoms with E-state index >= 15 is 0 Å². The molecule has 8 nitrogen and oxygen atoms in total. The molecule has 0 aromatic heterocycles. The summed E-state index contributed by atoms with van der Waals surface area (Å²) >= 11 is 0. The molecule has 3 N–H and O–H groups in total. The molecular weight excluding hydrogens is 446 g/mol. The van der Waals surface area contributed by atoms with Crippen molar-refractivity contribution in [2.75, 3.05) is 17.2 Å². The Morgan fingerprint density at radius 3 is 2.40 bits per heavy atom. The highest BCUT2D eigenvalue weighted by atomic mass is 16.6. The molecule has 8 heteroatoms. The van der Waals surface area contributed by atoms with Gasteiger partial charge in [0.2, 0.25) is 12.1 Å². The number of esters is 1. The summed E-state index contributed by atoms with van der Waals surface area (Å²) in [6, 6.07) is 23.0. The van der Waals surface area contributed by atoms with Gasteiger partial charge in [-0.15, -0.1) is 0 Å². The van der Waals surface area contributed by atoms with Crippen LogP contribution < -0.4 is 16.0 Å². The van der Waals surface area contributed by atoms with Crippen molar-refractivity contribution in [3.05, 3.63) is 95.6 Å². The van der Waals surface area contributed by atoms with Gasteiger partial charge in [-0.2, -0.15) is 0 Å². The Kier molecular flexibility index (Phi) is 7.74. The minimum Gasteiger partial charge on any atom is -0.463 e. The van der Waals surface area contributed by atoms with E-state index in [9.17, 15) is 14.4 Å². The van der Waals surface area contributed by atoms with Crippen LogP contribution in [0.4, 0.5) is 11.4 Å². The van der Waals surface area contributed by atoms with Gasteiger partial charge in [0, 0.05) is 12.1 Å². The Labute approximate surface area is 203 Å². The maximum Gasteiger partial charge on any atom is 0.356 e. The third-order valence-corrected chi connectivity index (χ3v) is 5.50. The fraction of sp³-hybridized carbons (Fsp3) is 0.222. The number of nitrogens with one attached hydrogen (secondary N) is 3. The molecule has 180 valence electrons. The third-order valence-electron chi connectivity index (χ3n) is 5.50. The monoisotopic (exact) mass is 473 g/mol. The lowest BCUT2D eigenvalue weighted by Crippen LogP contribution is -2.42. The summed E-state index contributed by atoms with van der Waals surface area (Å²) in [7, 11) is 0. The standard InChI is InChI=1S/C27H27N3O5/c1-2-34-27(33)26(35-17-19-8-4-3-5-9-19)28-20-14-12-18(13-15-20)16-23-25(32)29-22-11-7-6-10-21(22)24(31)30-23/h3-15,23,26,28H,2,16-17H2,1H3,(H,29,32)(H,30,31). The lowest BCUT2D eigenvalue weighted by molar-refractivity contribution is -0.155. The van der Waals surface area contributed by atoms with E-state index < -0.39 is 18.2 Å². The number of ether oxygens (including phenoxy) is 2. The van der Waals surface area contributed by atoms with E-state index in [4.69, 9.17) is 9.47 Å². The summed E-state index contributed by atoms with van der Waals surface area (Å²) in [4.78, 5) is 37.6. The Hall–Kier alpha value is -4.17. The second-order valence-electron chi connectivity index (χ2n) is 8.03. The van der Waals surface area contributed by atoms with Crippen molar-refractivity contribution in [2.24, 2.45) is 0 Å². The van der Waals surface area contributed by atoms with Crippen LogP contribution in [-0.4, -0.2) is 36.7 Å². The van der Waals surface area contributed by atoms with Crippen LogP contribution in [0.1, 0.15) is 28.4 Å². The van der Waals surface area contributed by atoms with Gasteiger partial charge >= 0.3 is 5.97 Å². The first-order valence-electron chi connectivity index (χ1n) is 11.4. The lowest BCUT2D eigenvalue weighted by Gasteiger charge is -2.19. The number of hydrogen-bond donors (Lipinski definition) is 3. The minimum absolute atomic E-state index is 0.240. The molecule has 1 aliphatic rings. The van der Waals surface area contributed by atoms with Gasteiger partial charge in [0.05, 0.1) is 24.5 Å². The van der Waals surface area contributed by atoms with Crippen molar-refractivity contribution in [1.29, 1.82) is 0 Å². The van der Waals surface area contributed by atoms with E-state index in [1.54, 1.807) is 43.3 Å². The molecule has 2 atom stereocenters. The second-order valence-corrected chi connectivity index (χ2v) is 8.03. The topological polar surface area (TPSA) is 106 Å². The van der Waals surface area contributed by atoms with E-state index in [1.165, 1.54) is 0 Å². The number of fused-ring (bicyclic) bond motifs is 1. The van der Waals surface area contributed by atoms with Gasteiger partial charge in [-0.05, 0) is 42.3 Å². The predicted molar refractivity (Wildman–Crippen MR) is 132 cm³/mol. The van der Waals surface area contributed by atoms with Gasteiger partial charge in [0.15, 0.2) is 0 Å². The molecule has 3 aromatic rings. The third kappa shape index (κ3) is 6.24. The van der Waals surface area contributed by atoms with E-state index in [2.05, 4.69) is 16.0 Å². The van der Waals surface area contributed by atoms with Gasteiger partial charge in [0.25, 0.3) is 5.91 Å². The smallest absolute Gasteiger partial charge is 0.356 e. The van der Waals surface area contributed by atoms with Crippen LogP contribution in [0.3, 0.4) is 0 Å². The Balaban J connectivity index is 1.40. The molecule has 3 aromatic carbocycles. The van der Waals surface area contributed by atoms with E-state index in [0.717, 1.165) is 11.1 Å². The Morgan fingerprint density at radius 2 is 1.66 bits per heavy atom. The molecule has 4 rings (SSSR count). The highest BCUT2D eigenvalue weighted by Crippen LogP contribution is 2.20. The van der Waals surface area contributed by atoms with E-state index in [-0.39, 0.29) is 25.0 Å². The zero-order valence-electron chi connectivity index (χ0n) is 19.3. The van der Waals surface area contributed by atoms with Crippen LogP contribution >= 0.6 is 0 Å². The fourth-order valence-corrected chi connectivity index (χ4v) is 3.72. The first-order valence-corrected chi connectivity index (χ1v) is 11.4. The highest BCUT2D eigenvalue weighted by molar-refractivity contribution is 6.09. The SMILES string of the molecule is CCOC(=O)C(Nc1ccc(CC2NC(=O)c3ccccc3NC2=O)cc1)OCc1ccccc1. The number of para-hydroxylation sites is 1. The van der Waals surface area contributed by atoms with Gasteiger partial charge in [-0.25, -0.2) is 4.79 Å². The highest BCUT2D eigenvalue weighted by Gasteiger charge is 2.27. The van der Waals surface area contributed by atoms with Crippen molar-refractivity contribution in [2.45, 2.75) is 32.2 Å². The summed E-state index contributed by atoms with van der Waals surface area (Å²) in [5.41, 5.74) is 3.37. The van der Waals surface area contributed by atoms with Gasteiger partial charge in [-0.3, -0.25) is 9.59 Å². The van der Waals surface area contributed by atoms with Crippen molar-refractivity contribution in [3.63, 3.8) is 0 Å². The predicted octanol–water partition coefficient (Wildman–Crippen LogP) is 3.50. The molecule has 0 saturated heterocycles. The average Bonchev–Trinajstić information content (AvgIpc) is 2.99. The number of benzene rings is 3. The van der Waals surface area contributed by atoms with Crippen LogP contribution in [0.5, 0.6) is 0 Å². The van der Waals surface area contributed by atoms with Crippen molar-refractivity contribution < 1.29 is 23.9 Å². The normalized spacial score (nSPS) is 15.7. The molecule has 0 saturated carbocycles. The van der Waals surface area contributed by atoms with Crippen LogP contribution in [0.25, 0.3) is 0 Å². The van der Waals surface area contributed by atoms with Gasteiger partial charge < -0.3 is 25.4 Å². The average molecular weight is 474 g/mol. The summed E-state index contributed by atoms with van der Waals surface area (Å²) < 4.78 is 10.9. The maximum atomic E-state index is 12.7. The van der Waals surface area contributed by atoms with Crippen LogP contribution in [0.2, 0.25) is 0 Å². The number of amides is 2. The number of rotatable bonds is 9. The molecule has 0 spiro atoms. The van der Waals surface area contributed by atoms with E-state index in [0.29, 0.717) is 23.4 Å². The summed E-state index contributed by atoms with van der Waals surface area (Å²) in [5, 5.41) is 8.66. The molecule has 2 amide bonds. The molecule has 35 heavy (non-hydrogen) atoms. The summed E-state index contributed by atoms with van der Waals surface area (Å²) in [6.07, 6.45) is -0.663. The fourth-order valence-electron chi connectivity index (χ4n) is 3.72. The summed E-state index contributed by atoms with van der Waals surface area (Å²) in [6.45, 7) is 2.22. The van der Waals surface area contributed by atoms with Gasteiger partial charge in [-0.1, -0.05) is 54.6 Å². The Bertz CT molecular complexity index is 1180. The zero-order chi connectivity index (χ0) is 24.6. The largest absolute Gasteiger partial charge is 0.463 e. The van der Waals surface area contributed by atoms with Gasteiger partial charge in [0.1, 0.15) is 6.04 Å². The van der Waals surface area contributed by atoms with Crippen LogP contribution in [0.15, 0.2) is 78.9 Å². The minimum atomic E-state index is -0.980. The molecule has 1 aliphatic heterocycles. The first kappa shape index (κ1) is 24.0. The van der Waals surface area contributed by atoms with Crippen molar-refractivity contribution >= 4 is 29.2 Å². The van der Waals surface area contributed by atoms with Crippen LogP contribution in [0, 0.1) is 0 Å². The molecule has 0 bridgehead atoms. The number of hydrogen-bond acceptors (Lipinski definition) is 6. The number of carbonyl (C=O) groups is 3. The molecule has 0 fully saturated rings. The molecular formula is C27H27N3O5. The van der Waals surface area contributed by atoms with E-state index in [1.807, 2.05) is 42.5 Å². The van der Waals surface area contributed by atoms with Crippen molar-refractivity contribution in [1.82, 2.24) is 5.32 Å². The first-order chi connectivity index (χ1) is 17.0. The second kappa shape index (κ2) is 11.3. The Morgan fingerprint density at radius 1 is 0.943 bits per heavy atom. The maximum absolute atomic E-state index is 12.7. The number of carbonyl (C=O) groups excluding carboxylic acids is 3. The van der Waals surface area contributed by atoms with Crippen molar-refractivity contribution in [3.8, 4) is 0 Å². The molecule has 1 heterocycles. The summed E-state index contributed by atoms with van der Waals surface area (Å²) in [5.74, 6) is -1.08. The number of anilines is 2. The van der Waals surface area contributed by atoms with Crippen LogP contribution in [-0.2, 0) is 32.1 Å². The molecule has 0 aliphatic carbocycles. The zero-order valence-corrected chi connectivity index (χ0v) is 19.3. The molecule has 2 unspecified atom stereocenters. The lowest BCUT2D eigenvalue weighted by atomic mass is 10.0. The quantitative estimate of drug-likeness (QED) is 0.325.